The van der Waals surface area contributed by atoms with Gasteiger partial charge in [-0.2, -0.15) is 0 Å². The van der Waals surface area contributed by atoms with Gasteiger partial charge >= 0.3 is 0 Å². The Balaban J connectivity index is 2.39. The van der Waals surface area contributed by atoms with Crippen molar-refractivity contribution in [3.8, 4) is 28.7 Å². The molecule has 0 atom stereocenters. The van der Waals surface area contributed by atoms with Gasteiger partial charge in [-0.15, -0.1) is 0 Å². The second-order valence-electron chi connectivity index (χ2n) is 5.04. The van der Waals surface area contributed by atoms with Crippen molar-refractivity contribution in [3.05, 3.63) is 41.0 Å². The van der Waals surface area contributed by atoms with Crippen molar-refractivity contribution in [2.45, 2.75) is 13.3 Å². The molecule has 0 unspecified atom stereocenters. The van der Waals surface area contributed by atoms with Crippen molar-refractivity contribution < 1.29 is 29.6 Å². The lowest BCUT2D eigenvalue weighted by molar-refractivity contribution is 0.0986. The third kappa shape index (κ3) is 3.15. The van der Waals surface area contributed by atoms with Gasteiger partial charge in [0.15, 0.2) is 5.78 Å². The van der Waals surface area contributed by atoms with Crippen LogP contribution in [0.4, 0.5) is 0 Å². The SMILES string of the molecule is COc1ccc(CC(=O)c2c(O)cc(O)c(C)c2O)c(OC)c1. The summed E-state index contributed by atoms with van der Waals surface area (Å²) in [5.41, 5.74) is 0.494. The smallest absolute Gasteiger partial charge is 0.174 e. The molecule has 2 rings (SSSR count). The van der Waals surface area contributed by atoms with Crippen molar-refractivity contribution in [1.29, 1.82) is 0 Å². The fourth-order valence-electron chi connectivity index (χ4n) is 2.27. The number of rotatable bonds is 5. The lowest BCUT2D eigenvalue weighted by Crippen LogP contribution is -2.06. The van der Waals surface area contributed by atoms with Crippen LogP contribution in [-0.4, -0.2) is 35.3 Å². The molecular weight excluding hydrogens is 300 g/mol. The van der Waals surface area contributed by atoms with E-state index in [1.165, 1.54) is 21.1 Å². The molecule has 23 heavy (non-hydrogen) atoms. The van der Waals surface area contributed by atoms with Gasteiger partial charge in [-0.3, -0.25) is 4.79 Å². The van der Waals surface area contributed by atoms with Crippen molar-refractivity contribution in [1.82, 2.24) is 0 Å². The minimum atomic E-state index is -0.494. The van der Waals surface area contributed by atoms with Gasteiger partial charge in [-0.05, 0) is 13.0 Å². The van der Waals surface area contributed by atoms with E-state index in [-0.39, 0.29) is 23.3 Å². The molecule has 6 heteroatoms. The number of ketones is 1. The molecule has 2 aromatic carbocycles. The minimum absolute atomic E-state index is 0.0848. The Labute approximate surface area is 133 Å². The van der Waals surface area contributed by atoms with Gasteiger partial charge in [-0.25, -0.2) is 0 Å². The van der Waals surface area contributed by atoms with Crippen molar-refractivity contribution >= 4 is 5.78 Å². The average Bonchev–Trinajstić information content (AvgIpc) is 2.53. The van der Waals surface area contributed by atoms with Crippen LogP contribution in [-0.2, 0) is 6.42 Å². The second kappa shape index (κ2) is 6.48. The van der Waals surface area contributed by atoms with E-state index in [0.29, 0.717) is 17.1 Å². The number of methoxy groups -OCH3 is 2. The summed E-state index contributed by atoms with van der Waals surface area (Å²) >= 11 is 0. The van der Waals surface area contributed by atoms with Crippen LogP contribution in [0.5, 0.6) is 28.7 Å². The molecule has 0 amide bonds. The number of carbonyl (C=O) groups is 1. The Morgan fingerprint density at radius 3 is 2.35 bits per heavy atom. The maximum atomic E-state index is 12.5. The highest BCUT2D eigenvalue weighted by atomic mass is 16.5. The van der Waals surface area contributed by atoms with Gasteiger partial charge in [0.05, 0.1) is 14.2 Å². The Bertz CT molecular complexity index is 751. The van der Waals surface area contributed by atoms with E-state index in [9.17, 15) is 20.1 Å². The summed E-state index contributed by atoms with van der Waals surface area (Å²) in [5, 5.41) is 29.4. The molecule has 0 aromatic heterocycles. The van der Waals surface area contributed by atoms with E-state index < -0.39 is 17.3 Å². The zero-order chi connectivity index (χ0) is 17.1. The quantitative estimate of drug-likeness (QED) is 0.733. The second-order valence-corrected chi connectivity index (χ2v) is 5.04. The molecule has 0 saturated carbocycles. The monoisotopic (exact) mass is 318 g/mol. The molecule has 0 saturated heterocycles. The van der Waals surface area contributed by atoms with Crippen LogP contribution in [0.15, 0.2) is 24.3 Å². The number of aromatic hydroxyl groups is 3. The van der Waals surface area contributed by atoms with E-state index in [4.69, 9.17) is 9.47 Å². The third-order valence-electron chi connectivity index (χ3n) is 3.63. The van der Waals surface area contributed by atoms with Gasteiger partial charge in [0.25, 0.3) is 0 Å². The summed E-state index contributed by atoms with van der Waals surface area (Å²) in [6.45, 7) is 1.45. The van der Waals surface area contributed by atoms with Crippen LogP contribution < -0.4 is 9.47 Å². The Kier molecular flexibility index (Phi) is 4.64. The fraction of sp³-hybridized carbons (Fsp3) is 0.235. The van der Waals surface area contributed by atoms with Gasteiger partial charge in [0, 0.05) is 29.7 Å². The van der Waals surface area contributed by atoms with Gasteiger partial charge in [-0.1, -0.05) is 6.07 Å². The number of hydrogen-bond acceptors (Lipinski definition) is 6. The Hall–Kier alpha value is -2.89. The van der Waals surface area contributed by atoms with Gasteiger partial charge in [0.2, 0.25) is 0 Å². The molecule has 122 valence electrons. The van der Waals surface area contributed by atoms with Crippen LogP contribution in [0.1, 0.15) is 21.5 Å². The first kappa shape index (κ1) is 16.5. The first-order valence-corrected chi connectivity index (χ1v) is 6.87. The number of phenols is 3. The summed E-state index contributed by atoms with van der Waals surface area (Å²) in [6, 6.07) is 6.04. The molecule has 0 spiro atoms. The van der Waals surface area contributed by atoms with E-state index in [2.05, 4.69) is 0 Å². The summed E-state index contributed by atoms with van der Waals surface area (Å²) in [6.07, 6.45) is -0.0848. The number of carbonyl (C=O) groups excluding carboxylic acids is 1. The maximum absolute atomic E-state index is 12.5. The van der Waals surface area contributed by atoms with Crippen molar-refractivity contribution in [3.63, 3.8) is 0 Å². The highest BCUT2D eigenvalue weighted by molar-refractivity contribution is 6.03. The first-order valence-electron chi connectivity index (χ1n) is 6.87. The normalized spacial score (nSPS) is 10.4. The lowest BCUT2D eigenvalue weighted by atomic mass is 9.98. The number of benzene rings is 2. The summed E-state index contributed by atoms with van der Waals surface area (Å²) in [4.78, 5) is 12.5. The van der Waals surface area contributed by atoms with Crippen LogP contribution in [0.3, 0.4) is 0 Å². The molecule has 0 aliphatic carbocycles. The van der Waals surface area contributed by atoms with E-state index in [0.717, 1.165) is 6.07 Å². The van der Waals surface area contributed by atoms with Crippen molar-refractivity contribution in [2.24, 2.45) is 0 Å². The zero-order valence-corrected chi connectivity index (χ0v) is 13.1. The first-order chi connectivity index (χ1) is 10.9. The molecule has 0 bridgehead atoms. The van der Waals surface area contributed by atoms with Crippen LogP contribution in [0.2, 0.25) is 0 Å². The highest BCUT2D eigenvalue weighted by Crippen LogP contribution is 2.38. The predicted octanol–water partition coefficient (Wildman–Crippen LogP) is 2.55. The summed E-state index contributed by atoms with van der Waals surface area (Å²) in [7, 11) is 3.00. The topological polar surface area (TPSA) is 96.2 Å². The van der Waals surface area contributed by atoms with Gasteiger partial charge < -0.3 is 24.8 Å². The average molecular weight is 318 g/mol. The molecule has 0 heterocycles. The largest absolute Gasteiger partial charge is 0.507 e. The third-order valence-corrected chi connectivity index (χ3v) is 3.63. The molecule has 0 aliphatic rings. The van der Waals surface area contributed by atoms with Crippen LogP contribution >= 0.6 is 0 Å². The van der Waals surface area contributed by atoms with E-state index in [1.807, 2.05) is 0 Å². The van der Waals surface area contributed by atoms with E-state index in [1.54, 1.807) is 18.2 Å². The fourth-order valence-corrected chi connectivity index (χ4v) is 2.27. The maximum Gasteiger partial charge on any atom is 0.174 e. The molecule has 2 aromatic rings. The molecule has 6 nitrogen and oxygen atoms in total. The highest BCUT2D eigenvalue weighted by Gasteiger charge is 2.22. The van der Waals surface area contributed by atoms with Crippen LogP contribution in [0, 0.1) is 6.92 Å². The Morgan fingerprint density at radius 1 is 1.04 bits per heavy atom. The lowest BCUT2D eigenvalue weighted by Gasteiger charge is -2.12. The predicted molar refractivity (Wildman–Crippen MR) is 83.8 cm³/mol. The van der Waals surface area contributed by atoms with Gasteiger partial charge in [0.1, 0.15) is 34.3 Å². The van der Waals surface area contributed by atoms with E-state index >= 15 is 0 Å². The molecular formula is C17H18O6. The summed E-state index contributed by atoms with van der Waals surface area (Å²) < 4.78 is 10.3. The molecule has 0 aliphatic heterocycles. The van der Waals surface area contributed by atoms with Crippen LogP contribution in [0.25, 0.3) is 0 Å². The molecule has 0 radical (unpaired) electrons. The van der Waals surface area contributed by atoms with Crippen molar-refractivity contribution in [2.75, 3.05) is 14.2 Å². The molecule has 3 N–H and O–H groups in total. The minimum Gasteiger partial charge on any atom is -0.507 e. The number of hydrogen-bond donors (Lipinski definition) is 3. The summed E-state index contributed by atoms with van der Waals surface area (Å²) in [5.74, 6) is -0.621. The number of phenolic OH excluding ortho intramolecular Hbond substituents is 3. The number of Topliss-reactive ketones (excluding diaryl/α,β-unsaturated/α-hetero) is 1. The Morgan fingerprint density at radius 2 is 1.74 bits per heavy atom. The zero-order valence-electron chi connectivity index (χ0n) is 13.1. The molecule has 0 fully saturated rings. The standard InChI is InChI=1S/C17H18O6/c1-9-12(18)8-14(20)16(17(9)21)13(19)6-10-4-5-11(22-2)7-15(10)23-3/h4-5,7-8,18,20-21H,6H2,1-3H3. The number of ether oxygens (including phenoxy) is 2.